The minimum Gasteiger partial charge on any atom is -0.444 e. The first-order chi connectivity index (χ1) is 24.2. The normalized spacial score (nSPS) is 13.3. The van der Waals surface area contributed by atoms with Gasteiger partial charge in [0, 0.05) is 12.2 Å². The van der Waals surface area contributed by atoms with E-state index in [9.17, 15) is 24.0 Å². The second-order valence-corrected chi connectivity index (χ2v) is 15.0. The third-order valence-corrected chi connectivity index (χ3v) is 9.67. The molecule has 0 radical (unpaired) electrons. The van der Waals surface area contributed by atoms with Crippen molar-refractivity contribution in [2.75, 3.05) is 5.75 Å². The molecule has 274 valence electrons. The second kappa shape index (κ2) is 19.1. The highest BCUT2D eigenvalue weighted by molar-refractivity contribution is 8.00. The van der Waals surface area contributed by atoms with Crippen LogP contribution in [0.4, 0.5) is 4.79 Å². The summed E-state index contributed by atoms with van der Waals surface area (Å²) in [5.74, 6) is -1.59. The molecule has 4 amide bonds. The molecule has 0 aromatic heterocycles. The van der Waals surface area contributed by atoms with Gasteiger partial charge in [0.1, 0.15) is 11.6 Å². The third kappa shape index (κ3) is 12.3. The monoisotopic (exact) mass is 716 g/mol. The number of ketones is 1. The maximum Gasteiger partial charge on any atom is 0.409 e. The first-order valence-corrected chi connectivity index (χ1v) is 18.4. The van der Waals surface area contributed by atoms with E-state index >= 15 is 0 Å². The van der Waals surface area contributed by atoms with Gasteiger partial charge in [-0.1, -0.05) is 112 Å². The summed E-state index contributed by atoms with van der Waals surface area (Å²) in [4.78, 5) is 65.6. The number of benzene rings is 3. The predicted octanol–water partition coefficient (Wildman–Crippen LogP) is 6.08. The molecular weight excluding hydrogens is 665 g/mol. The Hall–Kier alpha value is -4.64. The van der Waals surface area contributed by atoms with E-state index in [1.54, 1.807) is 27.7 Å². The van der Waals surface area contributed by atoms with Crippen molar-refractivity contribution in [2.24, 2.45) is 5.92 Å². The van der Waals surface area contributed by atoms with E-state index in [4.69, 9.17) is 4.74 Å². The highest BCUT2D eigenvalue weighted by atomic mass is 32.2. The zero-order chi connectivity index (χ0) is 37.6. The van der Waals surface area contributed by atoms with Crippen molar-refractivity contribution in [3.05, 3.63) is 108 Å². The fourth-order valence-corrected chi connectivity index (χ4v) is 7.01. The molecule has 0 saturated heterocycles. The number of alkyl carbamates (subject to hydrolysis) is 1. The summed E-state index contributed by atoms with van der Waals surface area (Å²) in [7, 11) is 0. The van der Waals surface area contributed by atoms with Crippen LogP contribution < -0.4 is 21.3 Å². The Labute approximate surface area is 306 Å². The largest absolute Gasteiger partial charge is 0.444 e. The molecule has 4 N–H and O–H groups in total. The van der Waals surface area contributed by atoms with Crippen molar-refractivity contribution in [3.63, 3.8) is 0 Å². The van der Waals surface area contributed by atoms with Crippen LogP contribution >= 0.6 is 11.8 Å². The lowest BCUT2D eigenvalue weighted by Gasteiger charge is -2.36. The van der Waals surface area contributed by atoms with Gasteiger partial charge in [0.05, 0.1) is 10.8 Å². The van der Waals surface area contributed by atoms with E-state index in [1.165, 1.54) is 18.7 Å². The molecule has 3 aromatic carbocycles. The third-order valence-electron chi connectivity index (χ3n) is 8.03. The van der Waals surface area contributed by atoms with Crippen LogP contribution in [0.15, 0.2) is 91.0 Å². The number of hydrogen-bond acceptors (Lipinski definition) is 7. The van der Waals surface area contributed by atoms with Crippen LogP contribution in [0.1, 0.15) is 84.4 Å². The topological polar surface area (TPSA) is 143 Å². The molecular formula is C40H52N4O6S. The molecule has 51 heavy (non-hydrogen) atoms. The molecule has 0 aliphatic heterocycles. The van der Waals surface area contributed by atoms with Crippen LogP contribution in [-0.4, -0.2) is 59.2 Å². The zero-order valence-electron chi connectivity index (χ0n) is 30.7. The maximum atomic E-state index is 13.7. The van der Waals surface area contributed by atoms with Crippen molar-refractivity contribution in [1.82, 2.24) is 21.3 Å². The first kappa shape index (κ1) is 40.8. The van der Waals surface area contributed by atoms with E-state index in [1.807, 2.05) is 68.4 Å². The summed E-state index contributed by atoms with van der Waals surface area (Å²) in [6, 6.07) is 28.1. The predicted molar refractivity (Wildman–Crippen MR) is 202 cm³/mol. The Morgan fingerprint density at radius 2 is 1.16 bits per heavy atom. The Morgan fingerprint density at radius 1 is 0.686 bits per heavy atom. The summed E-state index contributed by atoms with van der Waals surface area (Å²) in [5, 5.41) is 10.5. The lowest BCUT2D eigenvalue weighted by atomic mass is 9.84. The number of ether oxygens (including phenoxy) is 1. The molecule has 3 aromatic rings. The summed E-state index contributed by atoms with van der Waals surface area (Å²) >= 11 is 1.54. The van der Waals surface area contributed by atoms with E-state index in [0.717, 1.165) is 16.7 Å². The average Bonchev–Trinajstić information content (AvgIpc) is 3.09. The lowest BCUT2D eigenvalue weighted by molar-refractivity contribution is -0.133. The lowest BCUT2D eigenvalue weighted by Crippen LogP contribution is -2.61. The minimum atomic E-state index is -1.50. The van der Waals surface area contributed by atoms with E-state index < -0.39 is 52.4 Å². The smallest absolute Gasteiger partial charge is 0.409 e. The second-order valence-electron chi connectivity index (χ2n) is 13.8. The molecule has 0 heterocycles. The average molecular weight is 717 g/mol. The number of thioether (sulfide) groups is 1. The Kier molecular flexibility index (Phi) is 15.3. The first-order valence-electron chi connectivity index (χ1n) is 17.4. The van der Waals surface area contributed by atoms with Crippen LogP contribution in [0.3, 0.4) is 0 Å². The summed E-state index contributed by atoms with van der Waals surface area (Å²) < 4.78 is 4.59. The molecule has 0 spiro atoms. The molecule has 11 heteroatoms. The van der Waals surface area contributed by atoms with Gasteiger partial charge in [0.25, 0.3) is 5.91 Å². The van der Waals surface area contributed by atoms with Crippen molar-refractivity contribution < 1.29 is 28.7 Å². The highest BCUT2D eigenvalue weighted by Crippen LogP contribution is 2.48. The molecule has 0 fully saturated rings. The number of rotatable bonds is 17. The summed E-state index contributed by atoms with van der Waals surface area (Å²) in [6.07, 6.45) is -1.50. The standard InChI is InChI=1S/C40H52N4O6S/c1-8-32(41-37(48)35(43-34(46)25-24-27(2)3)44-38(49)50-39(5,6)7)36(47)42-33(28(4)45)26-51-40(29-18-12-9-13-19-29,30-20-14-10-15-21-30)31-22-16-11-17-23-31/h9-23,27,32-33,35H,8,24-26H2,1-7H3,(H,41,48)(H,42,47)(H,43,46)(H,44,49)/t32-,33-,35+/m0/s1. The summed E-state index contributed by atoms with van der Waals surface area (Å²) in [5.41, 5.74) is 2.19. The van der Waals surface area contributed by atoms with Gasteiger partial charge in [-0.05, 0) is 63.1 Å². The Morgan fingerprint density at radius 3 is 1.57 bits per heavy atom. The van der Waals surface area contributed by atoms with Gasteiger partial charge in [0.15, 0.2) is 11.9 Å². The van der Waals surface area contributed by atoms with Crippen molar-refractivity contribution >= 4 is 41.4 Å². The van der Waals surface area contributed by atoms with E-state index in [-0.39, 0.29) is 30.3 Å². The number of carbonyl (C=O) groups is 5. The number of amides is 4. The molecule has 3 atom stereocenters. The highest BCUT2D eigenvalue weighted by Gasteiger charge is 2.38. The molecule has 0 saturated carbocycles. The molecule has 10 nitrogen and oxygen atoms in total. The van der Waals surface area contributed by atoms with Crippen LogP contribution in [0.25, 0.3) is 0 Å². The van der Waals surface area contributed by atoms with Crippen molar-refractivity contribution in [3.8, 4) is 0 Å². The molecule has 0 bridgehead atoms. The summed E-state index contributed by atoms with van der Waals surface area (Å²) in [6.45, 7) is 12.1. The number of hydrogen-bond donors (Lipinski definition) is 4. The SMILES string of the molecule is CC[C@H](NC(=O)[C@H](NC(=O)CCC(C)C)NC(=O)OC(C)(C)C)C(=O)N[C@@H](CSC(c1ccccc1)(c1ccccc1)c1ccccc1)C(C)=O. The van der Waals surface area contributed by atoms with Gasteiger partial charge in [-0.25, -0.2) is 4.79 Å². The Balaban J connectivity index is 1.85. The van der Waals surface area contributed by atoms with Gasteiger partial charge in [-0.3, -0.25) is 24.5 Å². The van der Waals surface area contributed by atoms with Gasteiger partial charge in [-0.15, -0.1) is 11.8 Å². The van der Waals surface area contributed by atoms with Crippen LogP contribution in [0.2, 0.25) is 0 Å². The zero-order valence-corrected chi connectivity index (χ0v) is 31.5. The fourth-order valence-electron chi connectivity index (χ4n) is 5.36. The number of nitrogens with one attached hydrogen (secondary N) is 4. The molecule has 0 aliphatic rings. The quantitative estimate of drug-likeness (QED) is 0.0980. The Bertz CT molecular complexity index is 1500. The van der Waals surface area contributed by atoms with Gasteiger partial charge in [-0.2, -0.15) is 0 Å². The van der Waals surface area contributed by atoms with E-state index in [0.29, 0.717) is 6.42 Å². The molecule has 0 unspecified atom stereocenters. The van der Waals surface area contributed by atoms with Gasteiger partial charge in [0.2, 0.25) is 11.8 Å². The van der Waals surface area contributed by atoms with Crippen LogP contribution in [0.5, 0.6) is 0 Å². The molecule has 3 rings (SSSR count). The van der Waals surface area contributed by atoms with Gasteiger partial charge < -0.3 is 20.7 Å². The maximum absolute atomic E-state index is 13.7. The van der Waals surface area contributed by atoms with E-state index in [2.05, 4.69) is 57.7 Å². The van der Waals surface area contributed by atoms with Gasteiger partial charge >= 0.3 is 6.09 Å². The van der Waals surface area contributed by atoms with Crippen molar-refractivity contribution in [2.45, 2.75) is 96.3 Å². The fraction of sp³-hybridized carbons (Fsp3) is 0.425. The van der Waals surface area contributed by atoms with Crippen molar-refractivity contribution in [1.29, 1.82) is 0 Å². The van der Waals surface area contributed by atoms with Crippen LogP contribution in [-0.2, 0) is 28.7 Å². The molecule has 0 aliphatic carbocycles. The number of Topliss-reactive ketones (excluding diaryl/α,β-unsaturated/α-hetero) is 1. The minimum absolute atomic E-state index is 0.142. The van der Waals surface area contributed by atoms with Crippen LogP contribution in [0, 0.1) is 5.92 Å². The number of carbonyl (C=O) groups excluding carboxylic acids is 5.